The lowest BCUT2D eigenvalue weighted by molar-refractivity contribution is 0.274. The first kappa shape index (κ1) is 10.7. The van der Waals surface area contributed by atoms with Crippen molar-refractivity contribution >= 4 is 5.65 Å². The molecule has 17 heavy (non-hydrogen) atoms. The van der Waals surface area contributed by atoms with Crippen LogP contribution in [0, 0.1) is 0 Å². The monoisotopic (exact) mass is 232 g/mol. The molecule has 1 N–H and O–H groups in total. The summed E-state index contributed by atoms with van der Waals surface area (Å²) in [6, 6.07) is 4.02. The summed E-state index contributed by atoms with van der Waals surface area (Å²) in [6.07, 6.45) is 2.82. The van der Waals surface area contributed by atoms with E-state index < -0.39 is 0 Å². The topological polar surface area (TPSA) is 53.7 Å². The fourth-order valence-corrected chi connectivity index (χ4v) is 2.44. The van der Waals surface area contributed by atoms with Gasteiger partial charge in [-0.05, 0) is 32.1 Å². The van der Waals surface area contributed by atoms with Gasteiger partial charge in [-0.25, -0.2) is 9.50 Å². The number of fused-ring (bicyclic) bond motifs is 1. The number of likely N-dealkylation sites (tertiary alicyclic amines) is 1. The first-order valence-electron chi connectivity index (χ1n) is 5.91. The second kappa shape index (κ2) is 4.09. The van der Waals surface area contributed by atoms with Gasteiger partial charge >= 0.3 is 0 Å². The summed E-state index contributed by atoms with van der Waals surface area (Å²) >= 11 is 0. The van der Waals surface area contributed by atoms with Crippen LogP contribution in [0.15, 0.2) is 18.3 Å². The Bertz CT molecular complexity index is 536. The van der Waals surface area contributed by atoms with Crippen LogP contribution in [-0.4, -0.2) is 44.7 Å². The minimum atomic E-state index is -0.0256. The van der Waals surface area contributed by atoms with E-state index in [1.807, 2.05) is 12.1 Å². The van der Waals surface area contributed by atoms with Gasteiger partial charge in [-0.1, -0.05) is 0 Å². The van der Waals surface area contributed by atoms with Crippen molar-refractivity contribution in [2.45, 2.75) is 18.9 Å². The summed E-state index contributed by atoms with van der Waals surface area (Å²) in [5, 5.41) is 13.8. The minimum Gasteiger partial charge on any atom is -0.390 e. The maximum Gasteiger partial charge on any atom is 0.153 e. The molecule has 1 fully saturated rings. The molecule has 1 unspecified atom stereocenters. The number of hydrogen-bond donors (Lipinski definition) is 1. The second-order valence-electron chi connectivity index (χ2n) is 4.68. The number of rotatable bonds is 2. The molecule has 0 saturated carbocycles. The molecule has 0 aliphatic carbocycles. The van der Waals surface area contributed by atoms with E-state index in [-0.39, 0.29) is 6.61 Å². The lowest BCUT2D eigenvalue weighted by atomic mass is 10.1. The minimum absolute atomic E-state index is 0.0256. The molecule has 1 aliphatic rings. The molecule has 5 nitrogen and oxygen atoms in total. The molecule has 0 aromatic carbocycles. The van der Waals surface area contributed by atoms with Crippen LogP contribution in [0.25, 0.3) is 5.65 Å². The number of aliphatic hydroxyl groups is 1. The summed E-state index contributed by atoms with van der Waals surface area (Å²) in [4.78, 5) is 6.52. The third kappa shape index (κ3) is 1.81. The van der Waals surface area contributed by atoms with Crippen molar-refractivity contribution in [3.8, 4) is 0 Å². The van der Waals surface area contributed by atoms with Crippen LogP contribution in [-0.2, 0) is 6.61 Å². The number of likely N-dealkylation sites (N-methyl/N-ethyl adjacent to an activating group) is 1. The van der Waals surface area contributed by atoms with Crippen LogP contribution in [0.2, 0.25) is 0 Å². The highest BCUT2D eigenvalue weighted by molar-refractivity contribution is 5.39. The van der Waals surface area contributed by atoms with Crippen molar-refractivity contribution < 1.29 is 5.11 Å². The first-order chi connectivity index (χ1) is 8.28. The molecular formula is C12H16N4O. The summed E-state index contributed by atoms with van der Waals surface area (Å²) in [6.45, 7) is 2.16. The molecule has 1 atom stereocenters. The normalized spacial score (nSPS) is 21.4. The van der Waals surface area contributed by atoms with Crippen LogP contribution < -0.4 is 0 Å². The van der Waals surface area contributed by atoms with E-state index in [2.05, 4.69) is 22.0 Å². The number of aromatic nitrogens is 3. The van der Waals surface area contributed by atoms with Crippen molar-refractivity contribution in [2.75, 3.05) is 20.1 Å². The van der Waals surface area contributed by atoms with Gasteiger partial charge in [-0.2, -0.15) is 5.10 Å². The average molecular weight is 232 g/mol. The predicted molar refractivity (Wildman–Crippen MR) is 63.8 cm³/mol. The lowest BCUT2D eigenvalue weighted by Gasteiger charge is -2.10. The Hall–Kier alpha value is -1.46. The molecule has 0 radical (unpaired) electrons. The quantitative estimate of drug-likeness (QED) is 0.825. The number of nitrogens with zero attached hydrogens (tertiary/aromatic N) is 4. The van der Waals surface area contributed by atoms with Gasteiger partial charge in [0.2, 0.25) is 0 Å². The lowest BCUT2D eigenvalue weighted by Crippen LogP contribution is -2.14. The van der Waals surface area contributed by atoms with Gasteiger partial charge in [0.1, 0.15) is 0 Å². The van der Waals surface area contributed by atoms with E-state index in [1.165, 1.54) is 0 Å². The third-order valence-corrected chi connectivity index (χ3v) is 3.43. The zero-order chi connectivity index (χ0) is 11.8. The van der Waals surface area contributed by atoms with Crippen molar-refractivity contribution in [3.05, 3.63) is 29.7 Å². The largest absolute Gasteiger partial charge is 0.390 e. The second-order valence-corrected chi connectivity index (χ2v) is 4.68. The molecule has 2 aromatic rings. The van der Waals surface area contributed by atoms with Crippen LogP contribution >= 0.6 is 0 Å². The van der Waals surface area contributed by atoms with Crippen molar-refractivity contribution in [1.82, 2.24) is 19.5 Å². The van der Waals surface area contributed by atoms with Crippen molar-refractivity contribution in [2.24, 2.45) is 0 Å². The fraction of sp³-hybridized carbons (Fsp3) is 0.500. The van der Waals surface area contributed by atoms with Crippen LogP contribution in [0.1, 0.15) is 23.7 Å². The summed E-state index contributed by atoms with van der Waals surface area (Å²) in [5.41, 5.74) is 2.63. The third-order valence-electron chi connectivity index (χ3n) is 3.43. The molecule has 90 valence electrons. The Labute approximate surface area is 99.7 Å². The van der Waals surface area contributed by atoms with Gasteiger partial charge in [0.05, 0.1) is 24.2 Å². The molecule has 0 spiro atoms. The maximum atomic E-state index is 9.21. The van der Waals surface area contributed by atoms with E-state index in [0.29, 0.717) is 5.92 Å². The summed E-state index contributed by atoms with van der Waals surface area (Å²) < 4.78 is 1.74. The standard InChI is InChI=1S/C12H16N4O/c1-15-5-4-9(7-15)11-2-3-12-13-6-10(8-17)16(12)14-11/h2-3,6,9,17H,4-5,7-8H2,1H3. The molecule has 5 heteroatoms. The SMILES string of the molecule is CN1CCC(c2ccc3ncc(CO)n3n2)C1. The van der Waals surface area contributed by atoms with Crippen molar-refractivity contribution in [3.63, 3.8) is 0 Å². The molecule has 1 saturated heterocycles. The summed E-state index contributed by atoms with van der Waals surface area (Å²) in [7, 11) is 2.13. The van der Waals surface area contributed by atoms with Crippen LogP contribution in [0.4, 0.5) is 0 Å². The Kier molecular flexibility index (Phi) is 2.57. The average Bonchev–Trinajstić information content (AvgIpc) is 2.94. The molecule has 3 heterocycles. The molecular weight excluding hydrogens is 216 g/mol. The molecule has 2 aromatic heterocycles. The highest BCUT2D eigenvalue weighted by atomic mass is 16.3. The number of imidazole rings is 1. The highest BCUT2D eigenvalue weighted by Gasteiger charge is 2.22. The molecule has 1 aliphatic heterocycles. The zero-order valence-corrected chi connectivity index (χ0v) is 9.87. The molecule has 3 rings (SSSR count). The fourth-order valence-electron chi connectivity index (χ4n) is 2.44. The van der Waals surface area contributed by atoms with Gasteiger partial charge in [0, 0.05) is 12.5 Å². The smallest absolute Gasteiger partial charge is 0.153 e. The van der Waals surface area contributed by atoms with Crippen LogP contribution in [0.5, 0.6) is 0 Å². The highest BCUT2D eigenvalue weighted by Crippen LogP contribution is 2.24. The number of hydrogen-bond acceptors (Lipinski definition) is 4. The van der Waals surface area contributed by atoms with E-state index in [1.54, 1.807) is 10.7 Å². The van der Waals surface area contributed by atoms with Gasteiger partial charge < -0.3 is 10.0 Å². The Balaban J connectivity index is 2.00. The van der Waals surface area contributed by atoms with E-state index in [4.69, 9.17) is 0 Å². The van der Waals surface area contributed by atoms with E-state index in [0.717, 1.165) is 36.5 Å². The molecule has 0 bridgehead atoms. The Morgan fingerprint density at radius 2 is 2.35 bits per heavy atom. The zero-order valence-electron chi connectivity index (χ0n) is 9.87. The van der Waals surface area contributed by atoms with Gasteiger partial charge in [-0.3, -0.25) is 0 Å². The predicted octanol–water partition coefficient (Wildman–Crippen LogP) is 0.641. The molecule has 0 amide bonds. The maximum absolute atomic E-state index is 9.21. The van der Waals surface area contributed by atoms with Gasteiger partial charge in [0.25, 0.3) is 0 Å². The van der Waals surface area contributed by atoms with Gasteiger partial charge in [-0.15, -0.1) is 0 Å². The Morgan fingerprint density at radius 3 is 3.06 bits per heavy atom. The Morgan fingerprint density at radius 1 is 1.47 bits per heavy atom. The first-order valence-corrected chi connectivity index (χ1v) is 5.91. The van der Waals surface area contributed by atoms with E-state index >= 15 is 0 Å². The number of aliphatic hydroxyl groups excluding tert-OH is 1. The van der Waals surface area contributed by atoms with E-state index in [9.17, 15) is 5.11 Å². The summed E-state index contributed by atoms with van der Waals surface area (Å²) in [5.74, 6) is 0.498. The van der Waals surface area contributed by atoms with Gasteiger partial charge in [0.15, 0.2) is 5.65 Å². The van der Waals surface area contributed by atoms with Crippen LogP contribution in [0.3, 0.4) is 0 Å². The van der Waals surface area contributed by atoms with Crippen molar-refractivity contribution in [1.29, 1.82) is 0 Å².